The van der Waals surface area contributed by atoms with E-state index in [1.54, 1.807) is 86.8 Å². The number of phenols is 1. The van der Waals surface area contributed by atoms with Gasteiger partial charge in [-0.25, -0.2) is 4.79 Å². The number of carboxylic acids is 1. The fourth-order valence-corrected chi connectivity index (χ4v) is 7.78. The summed E-state index contributed by atoms with van der Waals surface area (Å²) in [5.41, 5.74) is 13.6. The highest BCUT2D eigenvalue weighted by Gasteiger charge is 2.33. The van der Waals surface area contributed by atoms with E-state index in [0.29, 0.717) is 16.7 Å². The number of hydrogen-bond acceptors (Lipinski definition) is 14. The second kappa shape index (κ2) is 29.2. The van der Waals surface area contributed by atoms with E-state index in [4.69, 9.17) is 11.5 Å². The van der Waals surface area contributed by atoms with Gasteiger partial charge in [0.1, 0.15) is 42.0 Å². The Kier molecular flexibility index (Phi) is 23.2. The van der Waals surface area contributed by atoms with Gasteiger partial charge in [-0.05, 0) is 47.2 Å². The first kappa shape index (κ1) is 58.9. The van der Waals surface area contributed by atoms with Gasteiger partial charge >= 0.3 is 5.97 Å². The number of aromatic nitrogens is 1. The Morgan fingerprint density at radius 2 is 1.09 bits per heavy atom. The van der Waals surface area contributed by atoms with Crippen molar-refractivity contribution in [1.29, 1.82) is 0 Å². The Balaban J connectivity index is 1.52. The smallest absolute Gasteiger partial charge is 0.327 e. The van der Waals surface area contributed by atoms with E-state index in [1.165, 1.54) is 12.1 Å². The van der Waals surface area contributed by atoms with E-state index in [9.17, 15) is 58.2 Å². The summed E-state index contributed by atoms with van der Waals surface area (Å²) in [5.74, 6) is -9.67. The Bertz CT molecular complexity index is 2620. The van der Waals surface area contributed by atoms with Crippen LogP contribution >= 0.6 is 25.3 Å². The largest absolute Gasteiger partial charge is 0.508 e. The van der Waals surface area contributed by atoms with Crippen LogP contribution < -0.4 is 54.0 Å². The van der Waals surface area contributed by atoms with Crippen LogP contribution in [0, 0.1) is 5.92 Å². The summed E-state index contributed by atoms with van der Waals surface area (Å²) in [7, 11) is 0. The number of H-pyrrole nitrogens is 1. The summed E-state index contributed by atoms with van der Waals surface area (Å²) in [6, 6.07) is 12.6. The number of rotatable bonds is 29. The molecule has 0 saturated heterocycles. The standard InChI is InChI=1S/C49H63N11O12S2/c1-26(2)42(60-47(69)36(18-27-8-4-3-5-9-27)56-41(64)23-53-44(66)35(57-43(65)32(50)24-73)19-28-12-14-30(61)15-13-28)48(70)58-37(20-29-21-52-33-11-7-6-10-31(29)33)45(67)54-22-40(63)55-34(16-17-39(51)62)46(68)59-38(25-74)49(71)72/h3-15,21,26,32,34-38,42,52,61,73-74H,16-20,22-25,50H2,1-2H3,(H2,51,62)(H,53,66)(H,54,67)(H,55,63)(H,56,64)(H,57,65)(H,58,70)(H,59,68)(H,60,69)(H,71,72)/t32-,34-,35-,36-,37-,38-,42-/m0/s1. The third-order valence-electron chi connectivity index (χ3n) is 11.4. The molecule has 15 N–H and O–H groups in total. The minimum Gasteiger partial charge on any atom is -0.508 e. The van der Waals surface area contributed by atoms with Gasteiger partial charge in [-0.3, -0.25) is 43.2 Å². The zero-order chi connectivity index (χ0) is 54.5. The lowest BCUT2D eigenvalue weighted by atomic mass is 9.99. The summed E-state index contributed by atoms with van der Waals surface area (Å²) in [6.45, 7) is 1.90. The molecule has 0 aliphatic carbocycles. The number of benzene rings is 3. The number of primary amides is 1. The molecular formula is C49H63N11O12S2. The molecule has 0 aliphatic heterocycles. The van der Waals surface area contributed by atoms with Gasteiger partial charge in [0.15, 0.2) is 0 Å². The maximum absolute atomic E-state index is 14.3. The summed E-state index contributed by atoms with van der Waals surface area (Å²) >= 11 is 7.97. The molecule has 7 atom stereocenters. The monoisotopic (exact) mass is 1060 g/mol. The summed E-state index contributed by atoms with van der Waals surface area (Å²) in [4.78, 5) is 135. The van der Waals surface area contributed by atoms with Crippen molar-refractivity contribution < 1.29 is 58.2 Å². The maximum atomic E-state index is 14.3. The number of nitrogens with two attached hydrogens (primary N) is 2. The maximum Gasteiger partial charge on any atom is 0.327 e. The number of aromatic hydroxyl groups is 1. The number of fused-ring (bicyclic) bond motifs is 1. The highest BCUT2D eigenvalue weighted by molar-refractivity contribution is 7.80. The van der Waals surface area contributed by atoms with Crippen LogP contribution in [0.5, 0.6) is 5.75 Å². The highest BCUT2D eigenvalue weighted by Crippen LogP contribution is 2.20. The molecule has 0 saturated carbocycles. The second-order valence-electron chi connectivity index (χ2n) is 17.5. The number of carboxylic acid groups (broad SMARTS) is 1. The number of thiol groups is 2. The molecule has 0 spiro atoms. The molecule has 0 aliphatic rings. The molecule has 4 rings (SSSR count). The Morgan fingerprint density at radius 1 is 0.581 bits per heavy atom. The van der Waals surface area contributed by atoms with E-state index in [2.05, 4.69) is 72.8 Å². The lowest BCUT2D eigenvalue weighted by Gasteiger charge is -2.27. The van der Waals surface area contributed by atoms with Gasteiger partial charge in [0, 0.05) is 54.3 Å². The zero-order valence-electron chi connectivity index (χ0n) is 40.6. The van der Waals surface area contributed by atoms with Gasteiger partial charge < -0.3 is 69.2 Å². The SMILES string of the molecule is CC(C)[C@H](NC(=O)[C@H](Cc1ccccc1)NC(=O)CNC(=O)[C@H](Cc1ccc(O)cc1)NC(=O)[C@@H](N)CS)C(=O)N[C@@H](Cc1c[nH]c2ccccc12)C(=O)NCC(=O)N[C@@H](CCC(N)=O)C(=O)N[C@@H](CS)C(=O)O. The van der Waals surface area contributed by atoms with Crippen molar-refractivity contribution in [2.24, 2.45) is 17.4 Å². The fourth-order valence-electron chi connectivity index (χ4n) is 7.36. The minimum absolute atomic E-state index is 0.0157. The first-order chi connectivity index (χ1) is 35.2. The van der Waals surface area contributed by atoms with Gasteiger partial charge in [0.25, 0.3) is 0 Å². The van der Waals surface area contributed by atoms with Crippen molar-refractivity contribution >= 4 is 95.3 Å². The molecule has 23 nitrogen and oxygen atoms in total. The van der Waals surface area contributed by atoms with Crippen LogP contribution in [-0.2, 0) is 67.2 Å². The minimum atomic E-state index is -1.43. The van der Waals surface area contributed by atoms with Crippen molar-refractivity contribution in [2.75, 3.05) is 24.6 Å². The van der Waals surface area contributed by atoms with E-state index in [-0.39, 0.29) is 49.4 Å². The molecule has 9 amide bonds. The predicted molar refractivity (Wildman–Crippen MR) is 278 cm³/mol. The van der Waals surface area contributed by atoms with Gasteiger partial charge in [0.2, 0.25) is 53.2 Å². The number of aliphatic carboxylic acids is 1. The molecule has 3 aromatic carbocycles. The molecule has 0 fully saturated rings. The number of hydrogen-bond donors (Lipinski definition) is 15. The predicted octanol–water partition coefficient (Wildman–Crippen LogP) is -1.76. The number of phenolic OH excluding ortho intramolecular Hbond substituents is 1. The molecule has 398 valence electrons. The Labute approximate surface area is 437 Å². The summed E-state index contributed by atoms with van der Waals surface area (Å²) < 4.78 is 0. The average Bonchev–Trinajstić information content (AvgIpc) is 3.78. The molecular weight excluding hydrogens is 999 g/mol. The third kappa shape index (κ3) is 18.8. The molecule has 74 heavy (non-hydrogen) atoms. The van der Waals surface area contributed by atoms with E-state index in [1.807, 2.05) is 0 Å². The number of amides is 9. The second-order valence-corrected chi connectivity index (χ2v) is 18.3. The molecule has 1 aromatic heterocycles. The lowest BCUT2D eigenvalue weighted by molar-refractivity contribution is -0.141. The van der Waals surface area contributed by atoms with Gasteiger partial charge in [-0.2, -0.15) is 25.3 Å². The van der Waals surface area contributed by atoms with Crippen LogP contribution in [0.15, 0.2) is 85.1 Å². The van der Waals surface area contributed by atoms with Crippen LogP contribution in [0.1, 0.15) is 43.4 Å². The Morgan fingerprint density at radius 3 is 1.66 bits per heavy atom. The van der Waals surface area contributed by atoms with E-state index >= 15 is 0 Å². The van der Waals surface area contributed by atoms with Crippen molar-refractivity contribution in [2.45, 2.75) is 88.2 Å². The molecule has 0 bridgehead atoms. The number of para-hydroxylation sites is 1. The van der Waals surface area contributed by atoms with Gasteiger partial charge in [-0.15, -0.1) is 0 Å². The topological polar surface area (TPSA) is 375 Å². The Hall–Kier alpha value is -7.64. The molecule has 0 radical (unpaired) electrons. The summed E-state index contributed by atoms with van der Waals surface area (Å²) in [6.07, 6.45) is 0.774. The first-order valence-electron chi connectivity index (χ1n) is 23.4. The van der Waals surface area contributed by atoms with Gasteiger partial charge in [0.05, 0.1) is 19.1 Å². The fraction of sp³-hybridized carbons (Fsp3) is 0.388. The highest BCUT2D eigenvalue weighted by atomic mass is 32.1. The normalized spacial score (nSPS) is 13.9. The zero-order valence-corrected chi connectivity index (χ0v) is 42.4. The van der Waals surface area contributed by atoms with E-state index < -0.39 is 120 Å². The van der Waals surface area contributed by atoms with E-state index in [0.717, 1.165) is 10.9 Å². The summed E-state index contributed by atoms with van der Waals surface area (Å²) in [5, 5.41) is 39.9. The third-order valence-corrected chi connectivity index (χ3v) is 12.2. The van der Waals surface area contributed by atoms with Crippen LogP contribution in [0.3, 0.4) is 0 Å². The van der Waals surface area contributed by atoms with Crippen LogP contribution in [0.4, 0.5) is 0 Å². The quantitative estimate of drug-likeness (QED) is 0.0268. The lowest BCUT2D eigenvalue weighted by Crippen LogP contribution is -2.60. The van der Waals surface area contributed by atoms with Crippen LogP contribution in [0.25, 0.3) is 10.9 Å². The molecule has 25 heteroatoms. The van der Waals surface area contributed by atoms with Crippen molar-refractivity contribution in [3.8, 4) is 5.75 Å². The molecule has 1 heterocycles. The number of carbonyl (C=O) groups excluding carboxylic acids is 9. The van der Waals surface area contributed by atoms with Crippen molar-refractivity contribution in [3.63, 3.8) is 0 Å². The molecule has 4 aromatic rings. The van der Waals surface area contributed by atoms with Crippen LogP contribution in [0.2, 0.25) is 0 Å². The van der Waals surface area contributed by atoms with Gasteiger partial charge in [-0.1, -0.05) is 74.5 Å². The van der Waals surface area contributed by atoms with Crippen molar-refractivity contribution in [1.82, 2.24) is 47.5 Å². The van der Waals surface area contributed by atoms with Crippen molar-refractivity contribution in [3.05, 3.63) is 102 Å². The molecule has 0 unspecified atom stereocenters. The number of carbonyl (C=O) groups is 10. The number of nitrogens with one attached hydrogen (secondary N) is 9. The number of aromatic amines is 1. The van der Waals surface area contributed by atoms with Crippen LogP contribution in [-0.4, -0.2) is 141 Å². The first-order valence-corrected chi connectivity index (χ1v) is 24.7. The average molecular weight is 1060 g/mol.